The monoisotopic (exact) mass is 316 g/mol. The van der Waals surface area contributed by atoms with Gasteiger partial charge in [0.15, 0.2) is 0 Å². The molecule has 118 valence electrons. The lowest BCUT2D eigenvalue weighted by Crippen LogP contribution is -2.16. The Labute approximate surface area is 139 Å². The first kappa shape index (κ1) is 14.6. The van der Waals surface area contributed by atoms with E-state index in [-0.39, 0.29) is 5.82 Å². The fourth-order valence-corrected chi connectivity index (χ4v) is 3.38. The maximum atomic E-state index is 9.70. The molecule has 0 amide bonds. The zero-order chi connectivity index (χ0) is 16.7. The standard InChI is InChI=1S/C19H16N4O/c1-11-4-5-15-12(3-2-7-22-15)17(11)18-13(9-20)19(21)23-16-6-8-24-10-14(16)18/h2-5,7H,6,8,10H2,1H3,(H2,21,23). The van der Waals surface area contributed by atoms with Crippen LogP contribution >= 0.6 is 0 Å². The highest BCUT2D eigenvalue weighted by Crippen LogP contribution is 2.39. The van der Waals surface area contributed by atoms with Crippen molar-refractivity contribution in [1.29, 1.82) is 5.26 Å². The summed E-state index contributed by atoms with van der Waals surface area (Å²) < 4.78 is 5.64. The predicted octanol–water partition coefficient (Wildman–Crippen LogP) is 3.13. The van der Waals surface area contributed by atoms with Gasteiger partial charge in [-0.25, -0.2) is 4.98 Å². The van der Waals surface area contributed by atoms with Crippen LogP contribution in [0.5, 0.6) is 0 Å². The molecule has 1 aliphatic rings. The number of nitriles is 1. The number of hydrogen-bond acceptors (Lipinski definition) is 5. The van der Waals surface area contributed by atoms with Crippen molar-refractivity contribution in [3.8, 4) is 17.2 Å². The van der Waals surface area contributed by atoms with Crippen LogP contribution in [0.2, 0.25) is 0 Å². The molecule has 0 unspecified atom stereocenters. The van der Waals surface area contributed by atoms with Gasteiger partial charge in [0.1, 0.15) is 17.5 Å². The number of aryl methyl sites for hydroxylation is 1. The molecule has 2 N–H and O–H groups in total. The van der Waals surface area contributed by atoms with Crippen LogP contribution in [0.4, 0.5) is 5.82 Å². The zero-order valence-corrected chi connectivity index (χ0v) is 13.3. The highest BCUT2D eigenvalue weighted by molar-refractivity contribution is 5.99. The van der Waals surface area contributed by atoms with Gasteiger partial charge in [-0.1, -0.05) is 12.1 Å². The number of benzene rings is 1. The van der Waals surface area contributed by atoms with E-state index in [0.29, 0.717) is 25.2 Å². The van der Waals surface area contributed by atoms with Gasteiger partial charge < -0.3 is 10.5 Å². The first-order valence-corrected chi connectivity index (χ1v) is 7.84. The highest BCUT2D eigenvalue weighted by Gasteiger charge is 2.24. The summed E-state index contributed by atoms with van der Waals surface area (Å²) >= 11 is 0. The maximum absolute atomic E-state index is 9.70. The molecular weight excluding hydrogens is 300 g/mol. The van der Waals surface area contributed by atoms with Crippen molar-refractivity contribution in [3.63, 3.8) is 0 Å². The molecule has 5 heteroatoms. The van der Waals surface area contributed by atoms with E-state index < -0.39 is 0 Å². The topological polar surface area (TPSA) is 84.8 Å². The Morgan fingerprint density at radius 3 is 2.96 bits per heavy atom. The van der Waals surface area contributed by atoms with Gasteiger partial charge in [-0.05, 0) is 30.2 Å². The maximum Gasteiger partial charge on any atom is 0.142 e. The van der Waals surface area contributed by atoms with E-state index in [1.807, 2.05) is 31.2 Å². The van der Waals surface area contributed by atoms with E-state index in [2.05, 4.69) is 16.0 Å². The summed E-state index contributed by atoms with van der Waals surface area (Å²) in [6, 6.07) is 10.2. The van der Waals surface area contributed by atoms with Crippen LogP contribution in [0.3, 0.4) is 0 Å². The fourth-order valence-electron chi connectivity index (χ4n) is 3.38. The molecule has 3 aromatic rings. The van der Waals surface area contributed by atoms with Gasteiger partial charge in [0, 0.05) is 29.1 Å². The Morgan fingerprint density at radius 2 is 2.12 bits per heavy atom. The van der Waals surface area contributed by atoms with Gasteiger partial charge in [-0.3, -0.25) is 4.98 Å². The molecule has 1 aromatic carbocycles. The number of rotatable bonds is 1. The number of hydrogen-bond donors (Lipinski definition) is 1. The molecule has 1 aliphatic heterocycles. The van der Waals surface area contributed by atoms with Crippen molar-refractivity contribution in [1.82, 2.24) is 9.97 Å². The van der Waals surface area contributed by atoms with Crippen molar-refractivity contribution >= 4 is 16.7 Å². The minimum atomic E-state index is 0.286. The second kappa shape index (κ2) is 5.59. The van der Waals surface area contributed by atoms with Gasteiger partial charge >= 0.3 is 0 Å². The predicted molar refractivity (Wildman–Crippen MR) is 92.2 cm³/mol. The lowest BCUT2D eigenvalue weighted by Gasteiger charge is -2.23. The molecule has 0 bridgehead atoms. The lowest BCUT2D eigenvalue weighted by atomic mass is 9.88. The molecule has 24 heavy (non-hydrogen) atoms. The fraction of sp³-hybridized carbons (Fsp3) is 0.211. The normalized spacial score (nSPS) is 13.5. The van der Waals surface area contributed by atoms with Crippen molar-refractivity contribution in [3.05, 3.63) is 52.8 Å². The highest BCUT2D eigenvalue weighted by atomic mass is 16.5. The number of fused-ring (bicyclic) bond motifs is 2. The number of nitrogen functional groups attached to an aromatic ring is 1. The summed E-state index contributed by atoms with van der Waals surface area (Å²) in [4.78, 5) is 8.88. The summed E-state index contributed by atoms with van der Waals surface area (Å²) in [5.74, 6) is 0.286. The molecule has 3 heterocycles. The largest absolute Gasteiger partial charge is 0.383 e. The molecular formula is C19H16N4O. The molecule has 0 radical (unpaired) electrons. The van der Waals surface area contributed by atoms with Crippen molar-refractivity contribution in [2.45, 2.75) is 20.0 Å². The van der Waals surface area contributed by atoms with Crippen LogP contribution < -0.4 is 5.73 Å². The van der Waals surface area contributed by atoms with Gasteiger partial charge in [-0.15, -0.1) is 0 Å². The van der Waals surface area contributed by atoms with Crippen LogP contribution in [0, 0.1) is 18.3 Å². The average molecular weight is 316 g/mol. The minimum absolute atomic E-state index is 0.286. The molecule has 0 saturated carbocycles. The summed E-state index contributed by atoms with van der Waals surface area (Å²) in [6.07, 6.45) is 2.48. The van der Waals surface area contributed by atoms with Crippen LogP contribution in [0.15, 0.2) is 30.5 Å². The van der Waals surface area contributed by atoms with E-state index in [0.717, 1.165) is 38.9 Å². The summed E-state index contributed by atoms with van der Waals surface area (Å²) in [6.45, 7) is 3.11. The summed E-state index contributed by atoms with van der Waals surface area (Å²) in [7, 11) is 0. The Balaban J connectivity index is 2.17. The molecule has 0 spiro atoms. The van der Waals surface area contributed by atoms with Crippen molar-refractivity contribution in [2.75, 3.05) is 12.3 Å². The second-order valence-corrected chi connectivity index (χ2v) is 5.91. The number of nitrogens with zero attached hydrogens (tertiary/aromatic N) is 3. The van der Waals surface area contributed by atoms with E-state index >= 15 is 0 Å². The SMILES string of the molecule is Cc1ccc2ncccc2c1-c1c(C#N)c(N)nc2c1COCC2. The molecule has 0 fully saturated rings. The summed E-state index contributed by atoms with van der Waals surface area (Å²) in [5, 5.41) is 10.7. The molecule has 5 nitrogen and oxygen atoms in total. The van der Waals surface area contributed by atoms with E-state index in [1.165, 1.54) is 0 Å². The number of pyridine rings is 2. The third kappa shape index (κ3) is 2.12. The Kier molecular flexibility index (Phi) is 3.40. The molecule has 0 atom stereocenters. The Hall–Kier alpha value is -2.97. The molecule has 0 saturated heterocycles. The van der Waals surface area contributed by atoms with Crippen LogP contribution in [-0.2, 0) is 17.8 Å². The van der Waals surface area contributed by atoms with Gasteiger partial charge in [0.25, 0.3) is 0 Å². The van der Waals surface area contributed by atoms with Crippen LogP contribution in [-0.4, -0.2) is 16.6 Å². The van der Waals surface area contributed by atoms with Gasteiger partial charge in [0.05, 0.1) is 24.4 Å². The third-order valence-electron chi connectivity index (χ3n) is 4.50. The lowest BCUT2D eigenvalue weighted by molar-refractivity contribution is 0.109. The van der Waals surface area contributed by atoms with E-state index in [4.69, 9.17) is 10.5 Å². The number of aromatic nitrogens is 2. The summed E-state index contributed by atoms with van der Waals surface area (Å²) in [5.41, 5.74) is 12.2. The Bertz CT molecular complexity index is 1000. The van der Waals surface area contributed by atoms with E-state index in [9.17, 15) is 5.26 Å². The number of ether oxygens (including phenoxy) is 1. The molecule has 0 aliphatic carbocycles. The first-order valence-electron chi connectivity index (χ1n) is 7.84. The van der Waals surface area contributed by atoms with Crippen LogP contribution in [0.1, 0.15) is 22.4 Å². The number of anilines is 1. The van der Waals surface area contributed by atoms with E-state index in [1.54, 1.807) is 6.20 Å². The second-order valence-electron chi connectivity index (χ2n) is 5.91. The first-order chi connectivity index (χ1) is 11.7. The smallest absolute Gasteiger partial charge is 0.142 e. The number of nitrogens with two attached hydrogens (primary N) is 1. The van der Waals surface area contributed by atoms with Crippen LogP contribution in [0.25, 0.3) is 22.0 Å². The van der Waals surface area contributed by atoms with Gasteiger partial charge in [0.2, 0.25) is 0 Å². The Morgan fingerprint density at radius 1 is 1.25 bits per heavy atom. The zero-order valence-electron chi connectivity index (χ0n) is 13.3. The van der Waals surface area contributed by atoms with Crippen molar-refractivity contribution < 1.29 is 4.74 Å². The quantitative estimate of drug-likeness (QED) is 0.745. The molecule has 4 rings (SSSR count). The minimum Gasteiger partial charge on any atom is -0.383 e. The third-order valence-corrected chi connectivity index (χ3v) is 4.50. The average Bonchev–Trinajstić information content (AvgIpc) is 2.61. The van der Waals surface area contributed by atoms with Gasteiger partial charge in [-0.2, -0.15) is 5.26 Å². The molecule has 2 aromatic heterocycles. The van der Waals surface area contributed by atoms with Crippen molar-refractivity contribution in [2.24, 2.45) is 0 Å².